The van der Waals surface area contributed by atoms with Gasteiger partial charge in [-0.3, -0.25) is 25.1 Å². The zero-order valence-electron chi connectivity index (χ0n) is 18.3. The molecule has 5 rings (SSSR count). The van der Waals surface area contributed by atoms with Crippen molar-refractivity contribution in [3.63, 3.8) is 0 Å². The minimum atomic E-state index is -0.854. The lowest BCUT2D eigenvalue weighted by atomic mass is 10.1. The van der Waals surface area contributed by atoms with Gasteiger partial charge in [-0.15, -0.1) is 0 Å². The van der Waals surface area contributed by atoms with Gasteiger partial charge in [0.1, 0.15) is 11.5 Å². The summed E-state index contributed by atoms with van der Waals surface area (Å²) >= 11 is 8.04. The van der Waals surface area contributed by atoms with Crippen molar-refractivity contribution in [1.29, 1.82) is 0 Å². The molecule has 0 spiro atoms. The number of nitrogens with zero attached hydrogens (tertiary/aromatic N) is 2. The predicted octanol–water partition coefficient (Wildman–Crippen LogP) is 6.02. The van der Waals surface area contributed by atoms with E-state index in [4.69, 9.17) is 16.0 Å². The van der Waals surface area contributed by atoms with Crippen LogP contribution in [-0.2, 0) is 0 Å². The van der Waals surface area contributed by atoms with Crippen molar-refractivity contribution >= 4 is 57.4 Å². The maximum absolute atomic E-state index is 13.5. The number of non-ortho nitro benzene ring substituents is 1. The van der Waals surface area contributed by atoms with Gasteiger partial charge in [-0.25, -0.2) is 5.01 Å². The second-order valence-corrected chi connectivity index (χ2v) is 9.55. The van der Waals surface area contributed by atoms with Crippen LogP contribution in [0.2, 0.25) is 5.02 Å². The fourth-order valence-corrected chi connectivity index (χ4v) is 4.39. The molecule has 1 aliphatic rings. The summed E-state index contributed by atoms with van der Waals surface area (Å²) in [6.45, 7) is 0. The van der Waals surface area contributed by atoms with Gasteiger partial charge in [0.2, 0.25) is 0 Å². The van der Waals surface area contributed by atoms with Gasteiger partial charge in [-0.05, 0) is 89.3 Å². The number of halogens is 2. The van der Waals surface area contributed by atoms with Gasteiger partial charge >= 0.3 is 0 Å². The zero-order chi connectivity index (χ0) is 25.4. The van der Waals surface area contributed by atoms with Crippen LogP contribution in [0.15, 0.2) is 83.3 Å². The summed E-state index contributed by atoms with van der Waals surface area (Å²) in [5.74, 6) is -0.102. The van der Waals surface area contributed by atoms with E-state index in [-0.39, 0.29) is 5.69 Å². The Kier molecular flexibility index (Phi) is 6.37. The van der Waals surface area contributed by atoms with Gasteiger partial charge in [0.05, 0.1) is 10.5 Å². The first-order valence-corrected chi connectivity index (χ1v) is 12.1. The molecule has 2 amide bonds. The molecule has 0 radical (unpaired) electrons. The third-order valence-electron chi connectivity index (χ3n) is 5.57. The Morgan fingerprint density at radius 1 is 1.06 bits per heavy atom. The lowest BCUT2D eigenvalue weighted by molar-refractivity contribution is -0.384. The van der Waals surface area contributed by atoms with E-state index in [0.29, 0.717) is 38.9 Å². The number of anilines is 1. The van der Waals surface area contributed by atoms with Gasteiger partial charge in [-0.2, -0.15) is 0 Å². The van der Waals surface area contributed by atoms with E-state index in [1.165, 1.54) is 17.1 Å². The molecule has 9 nitrogen and oxygen atoms in total. The van der Waals surface area contributed by atoms with E-state index < -0.39 is 22.9 Å². The average molecular weight is 615 g/mol. The first-order chi connectivity index (χ1) is 17.3. The fourth-order valence-electron chi connectivity index (χ4n) is 3.77. The molecule has 3 aromatic carbocycles. The summed E-state index contributed by atoms with van der Waals surface area (Å²) in [6.07, 6.45) is -0.854. The Bertz CT molecular complexity index is 1490. The predicted molar refractivity (Wildman–Crippen MR) is 141 cm³/mol. The van der Waals surface area contributed by atoms with E-state index in [2.05, 4.69) is 33.3 Å². The lowest BCUT2D eigenvalue weighted by Gasteiger charge is -2.36. The molecule has 0 bridgehead atoms. The molecule has 2 N–H and O–H groups in total. The molecule has 11 heteroatoms. The number of carbonyl (C=O) groups excluding carboxylic acids is 2. The number of hydrogen-bond acceptors (Lipinski definition) is 6. The number of rotatable bonds is 5. The van der Waals surface area contributed by atoms with E-state index >= 15 is 0 Å². The maximum Gasteiger partial charge on any atom is 0.276 e. The third kappa shape index (κ3) is 4.64. The molecule has 0 saturated heterocycles. The molecule has 180 valence electrons. The van der Waals surface area contributed by atoms with Crippen LogP contribution in [-0.4, -0.2) is 21.7 Å². The van der Waals surface area contributed by atoms with Crippen molar-refractivity contribution in [3.8, 4) is 11.3 Å². The molecule has 1 aliphatic heterocycles. The van der Waals surface area contributed by atoms with Crippen molar-refractivity contribution < 1.29 is 18.9 Å². The minimum absolute atomic E-state index is 0.0348. The number of benzene rings is 3. The van der Waals surface area contributed by atoms with Gasteiger partial charge in [0.15, 0.2) is 6.17 Å². The number of nitrogens with one attached hydrogen (secondary N) is 2. The van der Waals surface area contributed by atoms with E-state index in [1.54, 1.807) is 60.7 Å². The number of amides is 2. The number of hydrazine groups is 1. The second-order valence-electron chi connectivity index (χ2n) is 7.87. The average Bonchev–Trinajstić information content (AvgIpc) is 3.36. The number of nitro groups is 1. The lowest BCUT2D eigenvalue weighted by Crippen LogP contribution is -2.52. The van der Waals surface area contributed by atoms with Crippen LogP contribution in [0, 0.1) is 13.7 Å². The monoisotopic (exact) mass is 614 g/mol. The highest BCUT2D eigenvalue weighted by atomic mass is 127. The normalized spacial score (nSPS) is 14.7. The van der Waals surface area contributed by atoms with Crippen LogP contribution >= 0.6 is 34.2 Å². The molecular formula is C25H16ClIN4O5. The molecule has 0 aliphatic carbocycles. The molecule has 4 aromatic rings. The first kappa shape index (κ1) is 23.8. The van der Waals surface area contributed by atoms with Crippen molar-refractivity contribution in [2.24, 2.45) is 0 Å². The molecule has 36 heavy (non-hydrogen) atoms. The van der Waals surface area contributed by atoms with Crippen LogP contribution in [0.25, 0.3) is 11.3 Å². The van der Waals surface area contributed by atoms with Gasteiger partial charge in [-0.1, -0.05) is 11.6 Å². The molecule has 2 heterocycles. The summed E-state index contributed by atoms with van der Waals surface area (Å²) in [5.41, 5.74) is 4.59. The highest BCUT2D eigenvalue weighted by Crippen LogP contribution is 2.35. The van der Waals surface area contributed by atoms with Crippen LogP contribution in [0.3, 0.4) is 0 Å². The van der Waals surface area contributed by atoms with Gasteiger partial charge in [0, 0.05) is 37.5 Å². The number of furan rings is 1. The topological polar surface area (TPSA) is 118 Å². The molecule has 1 atom stereocenters. The summed E-state index contributed by atoms with van der Waals surface area (Å²) in [4.78, 5) is 36.9. The number of nitro benzene ring substituents is 1. The molecule has 1 aromatic heterocycles. The van der Waals surface area contributed by atoms with Crippen molar-refractivity contribution in [3.05, 3.63) is 114 Å². The van der Waals surface area contributed by atoms with Gasteiger partial charge in [0.25, 0.3) is 17.5 Å². The summed E-state index contributed by atoms with van der Waals surface area (Å²) in [6, 6.07) is 21.0. The Labute approximate surface area is 223 Å². The van der Waals surface area contributed by atoms with Crippen LogP contribution in [0.5, 0.6) is 0 Å². The molecule has 1 unspecified atom stereocenters. The molecule has 0 saturated carbocycles. The van der Waals surface area contributed by atoms with Gasteiger partial charge < -0.3 is 9.73 Å². The quantitative estimate of drug-likeness (QED) is 0.161. The number of carbonyl (C=O) groups is 2. The largest absolute Gasteiger partial charge is 0.457 e. The molecule has 0 fully saturated rings. The first-order valence-electron chi connectivity index (χ1n) is 10.6. The smallest absolute Gasteiger partial charge is 0.276 e. The molecular weight excluding hydrogens is 599 g/mol. The Morgan fingerprint density at radius 2 is 1.78 bits per heavy atom. The summed E-state index contributed by atoms with van der Waals surface area (Å²) in [7, 11) is 0. The highest BCUT2D eigenvalue weighted by molar-refractivity contribution is 14.1. The zero-order valence-corrected chi connectivity index (χ0v) is 21.2. The van der Waals surface area contributed by atoms with E-state index in [9.17, 15) is 19.7 Å². The number of fused-ring (bicyclic) bond motifs is 1. The van der Waals surface area contributed by atoms with Crippen LogP contribution in [0.4, 0.5) is 11.4 Å². The summed E-state index contributed by atoms with van der Waals surface area (Å²) < 4.78 is 6.90. The Hall–Kier alpha value is -3.90. The SMILES string of the molecule is O=C(NN1C(=O)c2cc(I)ccc2NC1c1ccc(-c2ccc([N+](=O)[O-])cc2)o1)c1ccc(Cl)cc1. The van der Waals surface area contributed by atoms with E-state index in [1.807, 2.05) is 6.07 Å². The highest BCUT2D eigenvalue weighted by Gasteiger charge is 2.36. The van der Waals surface area contributed by atoms with Crippen molar-refractivity contribution in [2.75, 3.05) is 5.32 Å². The number of hydrogen-bond donors (Lipinski definition) is 2. The Balaban J connectivity index is 1.49. The van der Waals surface area contributed by atoms with Crippen molar-refractivity contribution in [1.82, 2.24) is 10.4 Å². The van der Waals surface area contributed by atoms with Crippen LogP contribution < -0.4 is 10.7 Å². The maximum atomic E-state index is 13.5. The Morgan fingerprint density at radius 3 is 2.47 bits per heavy atom. The summed E-state index contributed by atoms with van der Waals surface area (Å²) in [5, 5.41) is 15.9. The van der Waals surface area contributed by atoms with Crippen LogP contribution in [0.1, 0.15) is 32.6 Å². The van der Waals surface area contributed by atoms with Crippen molar-refractivity contribution in [2.45, 2.75) is 6.17 Å². The minimum Gasteiger partial charge on any atom is -0.457 e. The third-order valence-corrected chi connectivity index (χ3v) is 6.49. The van der Waals surface area contributed by atoms with E-state index in [0.717, 1.165) is 3.57 Å². The standard InChI is InChI=1S/C25H16ClIN4O5/c26-16-5-1-15(2-6-16)24(32)29-30-23(28-20-10-7-17(27)13-19(20)25(30)33)22-12-11-21(36-22)14-3-8-18(9-4-14)31(34)35/h1-13,23,28H,(H,29,32). The second kappa shape index (κ2) is 9.63. The fraction of sp³-hybridized carbons (Fsp3) is 0.0400.